The minimum absolute atomic E-state index is 0.820. The van der Waals surface area contributed by atoms with Crippen LogP contribution in [0.2, 0.25) is 0 Å². The van der Waals surface area contributed by atoms with Gasteiger partial charge >= 0.3 is 0 Å². The molecule has 1 heteroatoms. The third kappa shape index (κ3) is 9.15. The number of carbonyl (C=O) groups is 1. The molecule has 0 saturated carbocycles. The van der Waals surface area contributed by atoms with Crippen molar-refractivity contribution in [2.75, 3.05) is 0 Å². The monoisotopic (exact) mass is 166 g/mol. The average Bonchev–Trinajstić information content (AvgIpc) is 2.10. The lowest BCUT2D eigenvalue weighted by atomic mass is 10.2. The second-order valence-electron chi connectivity index (χ2n) is 2.76. The molecule has 0 aliphatic carbocycles. The molecule has 0 N–H and O–H groups in total. The molecule has 0 atom stereocenters. The molecule has 0 aromatic heterocycles. The topological polar surface area (TPSA) is 17.1 Å². The van der Waals surface area contributed by atoms with E-state index in [1.54, 1.807) is 6.08 Å². The largest absolute Gasteiger partial charge is 0.299 e. The van der Waals surface area contributed by atoms with E-state index in [1.807, 2.05) is 6.08 Å². The molecule has 0 aliphatic rings. The summed E-state index contributed by atoms with van der Waals surface area (Å²) < 4.78 is 0. The molecule has 68 valence electrons. The lowest BCUT2D eigenvalue weighted by molar-refractivity contribution is -0.104. The van der Waals surface area contributed by atoms with Gasteiger partial charge in [0.2, 0.25) is 0 Å². The molecule has 0 aromatic rings. The third-order valence-corrected chi connectivity index (χ3v) is 1.61. The maximum Gasteiger partial charge on any atom is 0.142 e. The van der Waals surface area contributed by atoms with Crippen LogP contribution in [-0.2, 0) is 4.79 Å². The van der Waals surface area contributed by atoms with Gasteiger partial charge in [-0.05, 0) is 25.3 Å². The quantitative estimate of drug-likeness (QED) is 0.245. The summed E-state index contributed by atoms with van der Waals surface area (Å²) in [5.41, 5.74) is 0. The molecule has 0 heterocycles. The first-order valence-electron chi connectivity index (χ1n) is 4.67. The van der Waals surface area contributed by atoms with Crippen molar-refractivity contribution in [3.63, 3.8) is 0 Å². The van der Waals surface area contributed by atoms with Crippen LogP contribution in [0.5, 0.6) is 0 Å². The second kappa shape index (κ2) is 10.2. The smallest absolute Gasteiger partial charge is 0.142 e. The summed E-state index contributed by atoms with van der Waals surface area (Å²) in [6, 6.07) is 0. The minimum Gasteiger partial charge on any atom is -0.299 e. The summed E-state index contributed by atoms with van der Waals surface area (Å²) in [5, 5.41) is 0. The Hall–Kier alpha value is -0.850. The van der Waals surface area contributed by atoms with Crippen molar-refractivity contribution >= 4 is 6.29 Å². The number of hydrogen-bond donors (Lipinski definition) is 0. The maximum atomic E-state index is 9.87. The Morgan fingerprint density at radius 1 is 1.00 bits per heavy atom. The molecule has 0 saturated heterocycles. The van der Waals surface area contributed by atoms with E-state index in [0.29, 0.717) is 0 Å². The molecular weight excluding hydrogens is 148 g/mol. The first kappa shape index (κ1) is 11.2. The van der Waals surface area contributed by atoms with Crippen molar-refractivity contribution in [3.8, 4) is 0 Å². The van der Waals surface area contributed by atoms with Crippen LogP contribution in [-0.4, -0.2) is 6.29 Å². The van der Waals surface area contributed by atoms with Crippen molar-refractivity contribution in [1.29, 1.82) is 0 Å². The van der Waals surface area contributed by atoms with Crippen molar-refractivity contribution in [2.24, 2.45) is 0 Å². The molecule has 0 spiro atoms. The van der Waals surface area contributed by atoms with Crippen molar-refractivity contribution in [1.82, 2.24) is 0 Å². The fraction of sp³-hybridized carbons (Fsp3) is 0.545. The van der Waals surface area contributed by atoms with E-state index in [0.717, 1.165) is 19.1 Å². The Kier molecular flexibility index (Phi) is 9.43. The van der Waals surface area contributed by atoms with Crippen LogP contribution in [0.25, 0.3) is 0 Å². The Balaban J connectivity index is 3.12. The maximum absolute atomic E-state index is 9.87. The van der Waals surface area contributed by atoms with Crippen LogP contribution in [0.4, 0.5) is 0 Å². The Morgan fingerprint density at radius 3 is 2.33 bits per heavy atom. The van der Waals surface area contributed by atoms with Gasteiger partial charge < -0.3 is 0 Å². The first-order valence-corrected chi connectivity index (χ1v) is 4.67. The van der Waals surface area contributed by atoms with E-state index in [2.05, 4.69) is 19.1 Å². The molecule has 0 bridgehead atoms. The fourth-order valence-electron chi connectivity index (χ4n) is 0.902. The van der Waals surface area contributed by atoms with Gasteiger partial charge in [-0.15, -0.1) is 0 Å². The summed E-state index contributed by atoms with van der Waals surface area (Å²) >= 11 is 0. The molecule has 0 aliphatic heterocycles. The molecule has 0 unspecified atom stereocenters. The second-order valence-corrected chi connectivity index (χ2v) is 2.76. The van der Waals surface area contributed by atoms with Crippen LogP contribution in [0.15, 0.2) is 24.3 Å². The summed E-state index contributed by atoms with van der Waals surface area (Å²) in [6.45, 7) is 2.20. The van der Waals surface area contributed by atoms with Crippen LogP contribution in [0.1, 0.15) is 39.0 Å². The van der Waals surface area contributed by atoms with E-state index >= 15 is 0 Å². The number of allylic oxidation sites excluding steroid dienone is 4. The van der Waals surface area contributed by atoms with Crippen LogP contribution in [0.3, 0.4) is 0 Å². The van der Waals surface area contributed by atoms with Gasteiger partial charge in [-0.2, -0.15) is 0 Å². The summed E-state index contributed by atoms with van der Waals surface area (Å²) in [6.07, 6.45) is 14.4. The number of rotatable bonds is 7. The highest BCUT2D eigenvalue weighted by atomic mass is 16.1. The molecule has 0 aromatic carbocycles. The Labute approximate surface area is 75.2 Å². The lowest BCUT2D eigenvalue weighted by Crippen LogP contribution is -1.69. The standard InChI is InChI=1S/C11H18O/c1-2-3-4-5-6-7-8-9-10-11-12/h5-6,9-11H,2-4,7-8H2,1H3/b6-5+,10-9+. The van der Waals surface area contributed by atoms with E-state index in [-0.39, 0.29) is 0 Å². The minimum atomic E-state index is 0.820. The lowest BCUT2D eigenvalue weighted by Gasteiger charge is -1.88. The van der Waals surface area contributed by atoms with Crippen LogP contribution >= 0.6 is 0 Å². The molecule has 0 amide bonds. The van der Waals surface area contributed by atoms with Crippen molar-refractivity contribution < 1.29 is 4.79 Å². The van der Waals surface area contributed by atoms with E-state index < -0.39 is 0 Å². The van der Waals surface area contributed by atoms with Gasteiger partial charge in [0.25, 0.3) is 0 Å². The zero-order chi connectivity index (χ0) is 9.07. The molecule has 12 heavy (non-hydrogen) atoms. The van der Waals surface area contributed by atoms with Crippen LogP contribution < -0.4 is 0 Å². The Bertz CT molecular complexity index is 145. The SMILES string of the molecule is CCCC/C=C/CC/C=C/C=O. The third-order valence-electron chi connectivity index (χ3n) is 1.61. The van der Waals surface area contributed by atoms with E-state index in [9.17, 15) is 4.79 Å². The van der Waals surface area contributed by atoms with Gasteiger partial charge in [0.15, 0.2) is 0 Å². The van der Waals surface area contributed by atoms with Gasteiger partial charge in [-0.1, -0.05) is 38.0 Å². The zero-order valence-electron chi connectivity index (χ0n) is 7.83. The molecule has 1 nitrogen and oxygen atoms in total. The average molecular weight is 166 g/mol. The molecular formula is C11H18O. The zero-order valence-corrected chi connectivity index (χ0v) is 7.83. The van der Waals surface area contributed by atoms with Crippen LogP contribution in [0, 0.1) is 0 Å². The fourth-order valence-corrected chi connectivity index (χ4v) is 0.902. The van der Waals surface area contributed by atoms with Crippen molar-refractivity contribution in [2.45, 2.75) is 39.0 Å². The summed E-state index contributed by atoms with van der Waals surface area (Å²) in [7, 11) is 0. The van der Waals surface area contributed by atoms with E-state index in [1.165, 1.54) is 19.3 Å². The first-order chi connectivity index (χ1) is 5.91. The highest BCUT2D eigenvalue weighted by Crippen LogP contribution is 1.98. The predicted molar refractivity (Wildman–Crippen MR) is 53.1 cm³/mol. The van der Waals surface area contributed by atoms with Gasteiger partial charge in [0, 0.05) is 0 Å². The van der Waals surface area contributed by atoms with Crippen molar-refractivity contribution in [3.05, 3.63) is 24.3 Å². The van der Waals surface area contributed by atoms with Gasteiger partial charge in [0.05, 0.1) is 0 Å². The number of carbonyl (C=O) groups excluding carboxylic acids is 1. The predicted octanol–water partition coefficient (Wildman–Crippen LogP) is 3.27. The number of aldehydes is 1. The summed E-state index contributed by atoms with van der Waals surface area (Å²) in [5.74, 6) is 0. The molecule has 0 rings (SSSR count). The van der Waals surface area contributed by atoms with Gasteiger partial charge in [0.1, 0.15) is 6.29 Å². The normalized spacial score (nSPS) is 11.4. The number of unbranched alkanes of at least 4 members (excludes halogenated alkanes) is 3. The molecule has 0 radical (unpaired) electrons. The number of hydrogen-bond acceptors (Lipinski definition) is 1. The highest BCUT2D eigenvalue weighted by Gasteiger charge is 1.78. The Morgan fingerprint density at radius 2 is 1.67 bits per heavy atom. The van der Waals surface area contributed by atoms with Gasteiger partial charge in [-0.3, -0.25) is 4.79 Å². The summed E-state index contributed by atoms with van der Waals surface area (Å²) in [4.78, 5) is 9.87. The molecule has 0 fully saturated rings. The highest BCUT2D eigenvalue weighted by molar-refractivity contribution is 5.64. The van der Waals surface area contributed by atoms with E-state index in [4.69, 9.17) is 0 Å². The van der Waals surface area contributed by atoms with Gasteiger partial charge in [-0.25, -0.2) is 0 Å².